The minimum Gasteiger partial charge on any atom is -0.309 e. The second-order valence-electron chi connectivity index (χ2n) is 23.5. The van der Waals surface area contributed by atoms with E-state index in [2.05, 4.69) is 293 Å². The van der Waals surface area contributed by atoms with E-state index in [0.29, 0.717) is 17.8 Å². The van der Waals surface area contributed by atoms with Crippen molar-refractivity contribution in [1.29, 1.82) is 0 Å². The van der Waals surface area contributed by atoms with Crippen molar-refractivity contribution in [2.45, 2.75) is 19.3 Å². The molecule has 0 fully saturated rings. The van der Waals surface area contributed by atoms with Crippen LogP contribution < -0.4 is 0 Å². The summed E-state index contributed by atoms with van der Waals surface area (Å²) in [6, 6.07) is 95.4. The monoisotopic (exact) mass is 1120 g/mol. The van der Waals surface area contributed by atoms with E-state index >= 15 is 0 Å². The summed E-state index contributed by atoms with van der Waals surface area (Å²) in [4.78, 5) is 17.2. The average Bonchev–Trinajstić information content (AvgIpc) is 2.09. The van der Waals surface area contributed by atoms with Crippen LogP contribution >= 0.6 is 11.3 Å². The molecule has 0 unspecified atom stereocenters. The van der Waals surface area contributed by atoms with Crippen LogP contribution in [0.1, 0.15) is 25.0 Å². The third kappa shape index (κ3) is 6.59. The lowest BCUT2D eigenvalue weighted by Crippen LogP contribution is -2.14. The van der Waals surface area contributed by atoms with E-state index in [0.717, 1.165) is 82.4 Å². The maximum atomic E-state index is 5.76. The summed E-state index contributed by atoms with van der Waals surface area (Å²) in [6.45, 7) is 4.70. The molecule has 6 aromatic heterocycles. The van der Waals surface area contributed by atoms with E-state index in [1.165, 1.54) is 75.2 Å². The fourth-order valence-corrected chi connectivity index (χ4v) is 16.0. The largest absolute Gasteiger partial charge is 0.309 e. The topological polar surface area (TPSA) is 58.4 Å². The second kappa shape index (κ2) is 17.6. The zero-order valence-electron chi connectivity index (χ0n) is 46.9. The fraction of sp³-hybridized carbons (Fsp3) is 0.0385. The first kappa shape index (κ1) is 47.5. The van der Waals surface area contributed by atoms with Crippen molar-refractivity contribution >= 4 is 119 Å². The molecule has 6 heterocycles. The molecule has 0 saturated heterocycles. The average molecular weight is 1120 g/mol. The van der Waals surface area contributed by atoms with E-state index < -0.39 is 0 Å². The molecule has 8 heteroatoms. The number of hydrogen-bond acceptors (Lipinski definition) is 4. The van der Waals surface area contributed by atoms with Crippen molar-refractivity contribution < 1.29 is 0 Å². The van der Waals surface area contributed by atoms with Gasteiger partial charge < -0.3 is 4.57 Å². The molecule has 19 rings (SSSR count). The number of thiophene rings is 1. The van der Waals surface area contributed by atoms with Gasteiger partial charge in [-0.1, -0.05) is 196 Å². The van der Waals surface area contributed by atoms with Crippen LogP contribution in [0.2, 0.25) is 0 Å². The molecule has 7 nitrogen and oxygen atoms in total. The molecule has 18 aromatic rings. The van der Waals surface area contributed by atoms with Crippen LogP contribution in [0.5, 0.6) is 0 Å². The van der Waals surface area contributed by atoms with Crippen LogP contribution in [0, 0.1) is 0 Å². The molecule has 0 spiro atoms. The Kier molecular flexibility index (Phi) is 9.71. The van der Waals surface area contributed by atoms with Gasteiger partial charge in [0.15, 0.2) is 0 Å². The van der Waals surface area contributed by atoms with Crippen LogP contribution in [0.3, 0.4) is 0 Å². The highest BCUT2D eigenvalue weighted by atomic mass is 32.1. The number of aromatic nitrogens is 7. The smallest absolute Gasteiger partial charge is 0.241 e. The van der Waals surface area contributed by atoms with Gasteiger partial charge in [0.1, 0.15) is 0 Å². The number of rotatable bonds is 6. The molecule has 12 aromatic carbocycles. The highest BCUT2D eigenvalue weighted by Crippen LogP contribution is 2.50. The summed E-state index contributed by atoms with van der Waals surface area (Å²) in [5.41, 5.74) is 19.3. The highest BCUT2D eigenvalue weighted by Gasteiger charge is 2.35. The van der Waals surface area contributed by atoms with Crippen molar-refractivity contribution in [2.75, 3.05) is 0 Å². The van der Waals surface area contributed by atoms with Gasteiger partial charge in [-0.05, 0) is 123 Å². The Balaban J connectivity index is 0.876. The van der Waals surface area contributed by atoms with E-state index in [-0.39, 0.29) is 5.41 Å². The number of fused-ring (bicyclic) bond motifs is 19. The maximum Gasteiger partial charge on any atom is 0.241 e. The number of nitrogens with zero attached hydrogens (tertiary/aromatic N) is 7. The second-order valence-corrected chi connectivity index (χ2v) is 24.6. The van der Waals surface area contributed by atoms with Crippen molar-refractivity contribution in [1.82, 2.24) is 33.2 Å². The Labute approximate surface area is 497 Å². The molecular formula is C78H49N7S. The van der Waals surface area contributed by atoms with Gasteiger partial charge in [0.05, 0.1) is 44.1 Å². The predicted molar refractivity (Wildman–Crippen MR) is 359 cm³/mol. The predicted octanol–water partition coefficient (Wildman–Crippen LogP) is 20.3. The summed E-state index contributed by atoms with van der Waals surface area (Å²) in [6.07, 6.45) is 0. The molecule has 0 aliphatic heterocycles. The van der Waals surface area contributed by atoms with Crippen molar-refractivity contribution in [3.8, 4) is 56.9 Å². The van der Waals surface area contributed by atoms with Crippen LogP contribution in [-0.4, -0.2) is 33.2 Å². The van der Waals surface area contributed by atoms with Gasteiger partial charge >= 0.3 is 0 Å². The van der Waals surface area contributed by atoms with E-state index in [1.807, 2.05) is 11.3 Å². The molecule has 0 saturated carbocycles. The van der Waals surface area contributed by atoms with Crippen LogP contribution in [0.25, 0.3) is 164 Å². The van der Waals surface area contributed by atoms with Gasteiger partial charge in [-0.2, -0.15) is 15.0 Å². The fourth-order valence-electron chi connectivity index (χ4n) is 14.7. The van der Waals surface area contributed by atoms with Gasteiger partial charge in [0, 0.05) is 74.4 Å². The summed E-state index contributed by atoms with van der Waals surface area (Å²) < 4.78 is 11.7. The van der Waals surface area contributed by atoms with Crippen LogP contribution in [-0.2, 0) is 5.41 Å². The van der Waals surface area contributed by atoms with Gasteiger partial charge in [-0.25, -0.2) is 0 Å². The first-order chi connectivity index (χ1) is 42.4. The lowest BCUT2D eigenvalue weighted by molar-refractivity contribution is 0.660. The number of para-hydroxylation sites is 5. The van der Waals surface area contributed by atoms with E-state index in [1.54, 1.807) is 0 Å². The molecule has 1 aliphatic rings. The Bertz CT molecular complexity index is 5950. The molecule has 402 valence electrons. The van der Waals surface area contributed by atoms with E-state index in [9.17, 15) is 0 Å². The lowest BCUT2D eigenvalue weighted by Gasteiger charge is -2.22. The first-order valence-corrected chi connectivity index (χ1v) is 30.2. The van der Waals surface area contributed by atoms with Crippen LogP contribution in [0.4, 0.5) is 0 Å². The molecule has 0 bridgehead atoms. The Morgan fingerprint density at radius 1 is 0.291 bits per heavy atom. The molecule has 0 N–H and O–H groups in total. The minimum atomic E-state index is -0.139. The summed E-state index contributed by atoms with van der Waals surface area (Å²) in [5, 5.41) is 11.7. The molecular weight excluding hydrogens is 1070 g/mol. The minimum absolute atomic E-state index is 0.139. The molecule has 86 heavy (non-hydrogen) atoms. The van der Waals surface area contributed by atoms with Crippen molar-refractivity contribution in [2.24, 2.45) is 0 Å². The quantitative estimate of drug-likeness (QED) is 0.167. The molecule has 0 atom stereocenters. The van der Waals surface area contributed by atoms with Crippen LogP contribution in [0.15, 0.2) is 261 Å². The van der Waals surface area contributed by atoms with Gasteiger partial charge in [0.2, 0.25) is 17.8 Å². The Hall–Kier alpha value is -10.9. The van der Waals surface area contributed by atoms with Gasteiger partial charge in [0.25, 0.3) is 0 Å². The first-order valence-electron chi connectivity index (χ1n) is 29.4. The standard InChI is InChI=1S/C78H49N7S/c1-78(2)62-26-12-6-20-51(62)52-36-32-47(43-63(52)78)49-34-38-57-54-22-8-15-29-66(54)85(71(57)45-49)77-80-75(83-67-30-16-10-25-60(67)73-69(83)41-39-59-58-24-11-17-31-72(58)86-74(59)73)79-76(81-77)84-65-28-14-7-21-53(65)56-37-33-48(44-70(56)84)46-35-40-68-61(42-46)55-23-9-13-27-64(55)82(68)50-18-4-3-5-19-50/h3-45H,1-2H3. The maximum absolute atomic E-state index is 5.76. The summed E-state index contributed by atoms with van der Waals surface area (Å²) in [5.74, 6) is 1.57. The van der Waals surface area contributed by atoms with Gasteiger partial charge in [-0.3, -0.25) is 13.7 Å². The van der Waals surface area contributed by atoms with Gasteiger partial charge in [-0.15, -0.1) is 11.3 Å². The summed E-state index contributed by atoms with van der Waals surface area (Å²) >= 11 is 1.85. The number of hydrogen-bond donors (Lipinski definition) is 0. The SMILES string of the molecule is CC1(C)c2ccccc2-c2ccc(-c3ccc4c5ccccc5n(-c5nc(-n6c7ccccc7c7ccc(-c8ccc9c(c8)c8ccccc8n9-c8ccccc8)cc76)nc(-n6c7ccccc7c7c8sc9ccccc9c8ccc76)n5)c4c3)cc21. The lowest BCUT2D eigenvalue weighted by atomic mass is 9.81. The van der Waals surface area contributed by atoms with Crippen molar-refractivity contribution in [3.05, 3.63) is 272 Å². The van der Waals surface area contributed by atoms with Crippen molar-refractivity contribution in [3.63, 3.8) is 0 Å². The molecule has 0 radical (unpaired) electrons. The normalized spacial score (nSPS) is 13.1. The third-order valence-corrected chi connectivity index (χ3v) is 19.9. The zero-order valence-corrected chi connectivity index (χ0v) is 47.7. The third-order valence-electron chi connectivity index (χ3n) is 18.7. The zero-order chi connectivity index (χ0) is 56.5. The Morgan fingerprint density at radius 3 is 1.38 bits per heavy atom. The highest BCUT2D eigenvalue weighted by molar-refractivity contribution is 7.26. The summed E-state index contributed by atoms with van der Waals surface area (Å²) in [7, 11) is 0. The van der Waals surface area contributed by atoms with E-state index in [4.69, 9.17) is 15.0 Å². The molecule has 1 aliphatic carbocycles. The molecule has 0 amide bonds. The number of benzene rings is 12. The Morgan fingerprint density at radius 2 is 0.721 bits per heavy atom.